The van der Waals surface area contributed by atoms with Crippen LogP contribution in [0.25, 0.3) is 0 Å². The predicted molar refractivity (Wildman–Crippen MR) is 64.5 cm³/mol. The molecule has 0 aliphatic carbocycles. The molecule has 1 rings (SSSR count). The molecule has 0 aromatic carbocycles. The fraction of sp³-hybridized carbons (Fsp3) is 0.300. The van der Waals surface area contributed by atoms with Gasteiger partial charge in [0, 0.05) is 5.56 Å². The molecule has 1 nitrogen and oxygen atoms in total. The standard InChI is InChI=1S/C10H11Cl2NSi/c1-14(2,3)5-4-8-6-9(11)13-10(12)7-8/h6-7H,1-3H3. The Hall–Kier alpha value is -0.493. The first kappa shape index (κ1) is 11.6. The number of aromatic nitrogens is 1. The molecule has 1 aromatic rings. The largest absolute Gasteiger partial charge is 0.224 e. The predicted octanol–water partition coefficient (Wildman–Crippen LogP) is 3.62. The summed E-state index contributed by atoms with van der Waals surface area (Å²) >= 11 is 11.5. The summed E-state index contributed by atoms with van der Waals surface area (Å²) in [5.74, 6) is 3.07. The van der Waals surface area contributed by atoms with E-state index in [0.29, 0.717) is 10.3 Å². The Labute approximate surface area is 95.5 Å². The lowest BCUT2D eigenvalue weighted by Gasteiger charge is -2.03. The van der Waals surface area contributed by atoms with E-state index in [9.17, 15) is 0 Å². The molecule has 1 heterocycles. The van der Waals surface area contributed by atoms with Crippen LogP contribution in [0.5, 0.6) is 0 Å². The second-order valence-corrected chi connectivity index (χ2v) is 9.53. The second-order valence-electron chi connectivity index (χ2n) is 4.00. The summed E-state index contributed by atoms with van der Waals surface area (Å²) in [5, 5.41) is 0.773. The van der Waals surface area contributed by atoms with E-state index < -0.39 is 8.07 Å². The Bertz CT molecular complexity index is 379. The number of rotatable bonds is 0. The van der Waals surface area contributed by atoms with E-state index in [0.717, 1.165) is 5.56 Å². The summed E-state index contributed by atoms with van der Waals surface area (Å²) in [7, 11) is -1.34. The van der Waals surface area contributed by atoms with Crippen LogP contribution < -0.4 is 0 Å². The van der Waals surface area contributed by atoms with Crippen molar-refractivity contribution in [1.82, 2.24) is 4.98 Å². The van der Waals surface area contributed by atoms with Crippen molar-refractivity contribution < 1.29 is 0 Å². The zero-order chi connectivity index (χ0) is 10.8. The van der Waals surface area contributed by atoms with Gasteiger partial charge in [-0.3, -0.25) is 0 Å². The smallest absolute Gasteiger partial charge is 0.132 e. The van der Waals surface area contributed by atoms with E-state index >= 15 is 0 Å². The normalized spacial score (nSPS) is 10.6. The van der Waals surface area contributed by atoms with Gasteiger partial charge in [0.2, 0.25) is 0 Å². The fourth-order valence-corrected chi connectivity index (χ4v) is 1.78. The lowest BCUT2D eigenvalue weighted by Crippen LogP contribution is -2.16. The van der Waals surface area contributed by atoms with Crippen molar-refractivity contribution in [1.29, 1.82) is 0 Å². The maximum absolute atomic E-state index is 5.75. The van der Waals surface area contributed by atoms with Gasteiger partial charge in [-0.25, -0.2) is 4.98 Å². The van der Waals surface area contributed by atoms with E-state index in [-0.39, 0.29) is 0 Å². The van der Waals surface area contributed by atoms with Gasteiger partial charge in [0.1, 0.15) is 18.4 Å². The van der Waals surface area contributed by atoms with Gasteiger partial charge in [-0.05, 0) is 12.1 Å². The van der Waals surface area contributed by atoms with Gasteiger partial charge in [0.05, 0.1) is 0 Å². The lowest BCUT2D eigenvalue weighted by molar-refractivity contribution is 1.32. The summed E-state index contributed by atoms with van der Waals surface area (Å²) in [6, 6.07) is 3.45. The van der Waals surface area contributed by atoms with Crippen molar-refractivity contribution in [3.8, 4) is 11.5 Å². The van der Waals surface area contributed by atoms with Crippen LogP contribution >= 0.6 is 23.2 Å². The monoisotopic (exact) mass is 243 g/mol. The van der Waals surface area contributed by atoms with E-state index in [1.807, 2.05) is 0 Å². The molecule has 0 saturated carbocycles. The molecule has 0 atom stereocenters. The molecule has 0 bridgehead atoms. The SMILES string of the molecule is C[Si](C)(C)C#Cc1cc(Cl)nc(Cl)c1. The number of hydrogen-bond donors (Lipinski definition) is 0. The molecule has 0 radical (unpaired) electrons. The minimum atomic E-state index is -1.34. The average molecular weight is 244 g/mol. The van der Waals surface area contributed by atoms with Crippen molar-refractivity contribution in [3.05, 3.63) is 28.0 Å². The molecule has 0 fully saturated rings. The van der Waals surface area contributed by atoms with Crippen LogP contribution in [-0.4, -0.2) is 13.1 Å². The van der Waals surface area contributed by atoms with Crippen molar-refractivity contribution in [3.63, 3.8) is 0 Å². The van der Waals surface area contributed by atoms with Crippen LogP contribution in [-0.2, 0) is 0 Å². The average Bonchev–Trinajstić information content (AvgIpc) is 1.97. The first-order valence-corrected chi connectivity index (χ1v) is 8.49. The van der Waals surface area contributed by atoms with Gasteiger partial charge >= 0.3 is 0 Å². The van der Waals surface area contributed by atoms with Crippen LogP contribution in [0.15, 0.2) is 12.1 Å². The number of halogens is 2. The molecule has 0 unspecified atom stereocenters. The lowest BCUT2D eigenvalue weighted by atomic mass is 10.3. The van der Waals surface area contributed by atoms with Crippen molar-refractivity contribution in [2.45, 2.75) is 19.6 Å². The van der Waals surface area contributed by atoms with Gasteiger partial charge in [-0.2, -0.15) is 0 Å². The summed E-state index contributed by atoms with van der Waals surface area (Å²) in [6.07, 6.45) is 0. The molecule has 1 aromatic heterocycles. The highest BCUT2D eigenvalue weighted by atomic mass is 35.5. The van der Waals surface area contributed by atoms with Crippen LogP contribution in [0, 0.1) is 11.5 Å². The molecule has 0 spiro atoms. The Balaban J connectivity index is 3.02. The molecule has 74 valence electrons. The number of nitrogens with zero attached hydrogens (tertiary/aromatic N) is 1. The third-order valence-electron chi connectivity index (χ3n) is 1.34. The van der Waals surface area contributed by atoms with Crippen LogP contribution in [0.4, 0.5) is 0 Å². The van der Waals surface area contributed by atoms with Crippen molar-refractivity contribution >= 4 is 31.3 Å². The molecule has 0 aliphatic rings. The Morgan fingerprint density at radius 3 is 2.07 bits per heavy atom. The molecule has 0 aliphatic heterocycles. The topological polar surface area (TPSA) is 12.9 Å². The highest BCUT2D eigenvalue weighted by Crippen LogP contribution is 2.13. The first-order chi connectivity index (χ1) is 6.37. The van der Waals surface area contributed by atoms with E-state index in [2.05, 4.69) is 36.1 Å². The van der Waals surface area contributed by atoms with E-state index in [1.54, 1.807) is 12.1 Å². The molecular weight excluding hydrogens is 233 g/mol. The highest BCUT2D eigenvalue weighted by molar-refractivity contribution is 6.83. The van der Waals surface area contributed by atoms with Crippen LogP contribution in [0.3, 0.4) is 0 Å². The van der Waals surface area contributed by atoms with Gasteiger partial charge in [-0.1, -0.05) is 48.8 Å². The molecule has 14 heavy (non-hydrogen) atoms. The molecular formula is C10H11Cl2NSi. The van der Waals surface area contributed by atoms with Gasteiger partial charge in [0.15, 0.2) is 0 Å². The maximum atomic E-state index is 5.75. The van der Waals surface area contributed by atoms with Crippen molar-refractivity contribution in [2.75, 3.05) is 0 Å². The van der Waals surface area contributed by atoms with E-state index in [1.165, 1.54) is 0 Å². The highest BCUT2D eigenvalue weighted by Gasteiger charge is 2.07. The summed E-state index contributed by atoms with van der Waals surface area (Å²) < 4.78 is 0. The quantitative estimate of drug-likeness (QED) is 0.386. The number of pyridine rings is 1. The molecule has 4 heteroatoms. The summed E-state index contributed by atoms with van der Waals surface area (Å²) in [6.45, 7) is 6.55. The number of hydrogen-bond acceptors (Lipinski definition) is 1. The third kappa shape index (κ3) is 4.14. The Kier molecular flexibility index (Phi) is 3.60. The first-order valence-electron chi connectivity index (χ1n) is 4.23. The third-order valence-corrected chi connectivity index (χ3v) is 2.61. The second kappa shape index (κ2) is 4.35. The van der Waals surface area contributed by atoms with Crippen LogP contribution in [0.1, 0.15) is 5.56 Å². The molecule has 0 N–H and O–H groups in total. The van der Waals surface area contributed by atoms with Gasteiger partial charge in [-0.15, -0.1) is 5.54 Å². The summed E-state index contributed by atoms with van der Waals surface area (Å²) in [5.41, 5.74) is 4.07. The minimum absolute atomic E-state index is 0.386. The molecule has 0 saturated heterocycles. The Morgan fingerprint density at radius 1 is 1.14 bits per heavy atom. The van der Waals surface area contributed by atoms with Crippen LogP contribution in [0.2, 0.25) is 29.9 Å². The van der Waals surface area contributed by atoms with Gasteiger partial charge < -0.3 is 0 Å². The zero-order valence-electron chi connectivity index (χ0n) is 8.36. The fourth-order valence-electron chi connectivity index (χ4n) is 0.797. The van der Waals surface area contributed by atoms with Crippen molar-refractivity contribution in [2.24, 2.45) is 0 Å². The maximum Gasteiger partial charge on any atom is 0.132 e. The zero-order valence-corrected chi connectivity index (χ0v) is 10.9. The Morgan fingerprint density at radius 2 is 1.64 bits per heavy atom. The minimum Gasteiger partial charge on any atom is -0.224 e. The van der Waals surface area contributed by atoms with Gasteiger partial charge in [0.25, 0.3) is 0 Å². The van der Waals surface area contributed by atoms with E-state index in [4.69, 9.17) is 23.2 Å². The summed E-state index contributed by atoms with van der Waals surface area (Å²) in [4.78, 5) is 3.85. The molecule has 0 amide bonds.